The lowest BCUT2D eigenvalue weighted by Gasteiger charge is -2.42. The zero-order chi connectivity index (χ0) is 14.6. The van der Waals surface area contributed by atoms with Crippen LogP contribution in [-0.2, 0) is 0 Å². The van der Waals surface area contributed by atoms with Crippen LogP contribution >= 0.6 is 11.6 Å². The van der Waals surface area contributed by atoms with Gasteiger partial charge in [-0.2, -0.15) is 0 Å². The maximum atomic E-state index is 6.12. The van der Waals surface area contributed by atoms with Gasteiger partial charge in [-0.05, 0) is 55.4 Å². The SMILES string of the molecule is CC(C)CC1CCCC(CN)(Nc2ccc(Cl)cc2)C1. The van der Waals surface area contributed by atoms with Gasteiger partial charge in [0.05, 0.1) is 0 Å². The normalized spacial score (nSPS) is 26.8. The monoisotopic (exact) mass is 294 g/mol. The van der Waals surface area contributed by atoms with Crippen LogP contribution in [0.1, 0.15) is 46.0 Å². The quantitative estimate of drug-likeness (QED) is 0.827. The molecule has 1 aromatic carbocycles. The van der Waals surface area contributed by atoms with Crippen molar-refractivity contribution in [1.82, 2.24) is 0 Å². The molecular weight excluding hydrogens is 268 g/mol. The van der Waals surface area contributed by atoms with E-state index in [2.05, 4.69) is 19.2 Å². The average Bonchev–Trinajstić information content (AvgIpc) is 2.41. The van der Waals surface area contributed by atoms with Gasteiger partial charge in [0.25, 0.3) is 0 Å². The lowest BCUT2D eigenvalue weighted by molar-refractivity contribution is 0.223. The summed E-state index contributed by atoms with van der Waals surface area (Å²) in [4.78, 5) is 0. The largest absolute Gasteiger partial charge is 0.378 e. The Bertz CT molecular complexity index is 416. The first-order valence-corrected chi connectivity index (χ1v) is 8.14. The number of hydrogen-bond donors (Lipinski definition) is 2. The molecule has 0 saturated heterocycles. The van der Waals surface area contributed by atoms with Crippen LogP contribution in [0.5, 0.6) is 0 Å². The molecular formula is C17H27ClN2. The summed E-state index contributed by atoms with van der Waals surface area (Å²) in [6, 6.07) is 7.96. The van der Waals surface area contributed by atoms with E-state index >= 15 is 0 Å². The summed E-state index contributed by atoms with van der Waals surface area (Å²) in [6.07, 6.45) is 6.28. The Kier molecular flexibility index (Phi) is 5.34. The Labute approximate surface area is 128 Å². The molecule has 112 valence electrons. The maximum absolute atomic E-state index is 6.12. The third kappa shape index (κ3) is 4.13. The summed E-state index contributed by atoms with van der Waals surface area (Å²) in [7, 11) is 0. The Morgan fingerprint density at radius 2 is 2.05 bits per heavy atom. The Morgan fingerprint density at radius 3 is 2.65 bits per heavy atom. The fraction of sp³-hybridized carbons (Fsp3) is 0.647. The molecule has 1 aliphatic carbocycles. The smallest absolute Gasteiger partial charge is 0.0498 e. The van der Waals surface area contributed by atoms with Crippen molar-refractivity contribution in [2.45, 2.75) is 51.5 Å². The second-order valence-corrected chi connectivity index (χ2v) is 7.14. The maximum Gasteiger partial charge on any atom is 0.0498 e. The van der Waals surface area contributed by atoms with Gasteiger partial charge in [0.15, 0.2) is 0 Å². The number of halogens is 1. The number of benzene rings is 1. The van der Waals surface area contributed by atoms with E-state index in [1.165, 1.54) is 32.1 Å². The molecule has 1 aliphatic rings. The minimum Gasteiger partial charge on any atom is -0.378 e. The first-order chi connectivity index (χ1) is 9.53. The lowest BCUT2D eigenvalue weighted by Crippen LogP contribution is -2.49. The number of nitrogens with two attached hydrogens (primary N) is 1. The van der Waals surface area contributed by atoms with Crippen LogP contribution in [0.2, 0.25) is 5.02 Å². The van der Waals surface area contributed by atoms with Crippen LogP contribution in [-0.4, -0.2) is 12.1 Å². The molecule has 20 heavy (non-hydrogen) atoms. The van der Waals surface area contributed by atoms with E-state index in [9.17, 15) is 0 Å². The second kappa shape index (κ2) is 6.82. The zero-order valence-electron chi connectivity index (χ0n) is 12.7. The molecule has 2 nitrogen and oxygen atoms in total. The van der Waals surface area contributed by atoms with Crippen molar-refractivity contribution in [3.8, 4) is 0 Å². The predicted molar refractivity (Wildman–Crippen MR) is 88.3 cm³/mol. The van der Waals surface area contributed by atoms with Crippen LogP contribution < -0.4 is 11.1 Å². The standard InChI is InChI=1S/C17H27ClN2/c1-13(2)10-14-4-3-9-17(11-14,12-19)20-16-7-5-15(18)6-8-16/h5-8,13-14,20H,3-4,9-12,19H2,1-2H3. The minimum atomic E-state index is 0.0611. The summed E-state index contributed by atoms with van der Waals surface area (Å²) < 4.78 is 0. The van der Waals surface area contributed by atoms with Crippen LogP contribution in [0.4, 0.5) is 5.69 Å². The molecule has 0 amide bonds. The molecule has 1 saturated carbocycles. The minimum absolute atomic E-state index is 0.0611. The van der Waals surface area contributed by atoms with Gasteiger partial charge in [0.2, 0.25) is 0 Å². The summed E-state index contributed by atoms with van der Waals surface area (Å²) >= 11 is 5.95. The van der Waals surface area contributed by atoms with Gasteiger partial charge in [-0.1, -0.05) is 38.3 Å². The highest BCUT2D eigenvalue weighted by molar-refractivity contribution is 6.30. The Hall–Kier alpha value is -0.730. The molecule has 1 aromatic rings. The molecule has 0 radical (unpaired) electrons. The molecule has 3 N–H and O–H groups in total. The van der Waals surface area contributed by atoms with Gasteiger partial charge < -0.3 is 11.1 Å². The summed E-state index contributed by atoms with van der Waals surface area (Å²) in [5.41, 5.74) is 7.31. The topological polar surface area (TPSA) is 38.0 Å². The Morgan fingerprint density at radius 1 is 1.35 bits per heavy atom. The summed E-state index contributed by atoms with van der Waals surface area (Å²) in [5.74, 6) is 1.57. The molecule has 1 fully saturated rings. The molecule has 2 atom stereocenters. The van der Waals surface area contributed by atoms with Crippen LogP contribution in [0.15, 0.2) is 24.3 Å². The van der Waals surface area contributed by atoms with Crippen molar-refractivity contribution in [3.05, 3.63) is 29.3 Å². The van der Waals surface area contributed by atoms with Gasteiger partial charge >= 0.3 is 0 Å². The Balaban J connectivity index is 2.06. The van der Waals surface area contributed by atoms with Crippen molar-refractivity contribution >= 4 is 17.3 Å². The van der Waals surface area contributed by atoms with Gasteiger partial charge in [-0.3, -0.25) is 0 Å². The van der Waals surface area contributed by atoms with Gasteiger partial charge in [0.1, 0.15) is 0 Å². The van der Waals surface area contributed by atoms with E-state index in [0.717, 1.165) is 22.5 Å². The van der Waals surface area contributed by atoms with Crippen LogP contribution in [0, 0.1) is 11.8 Å². The molecule has 2 unspecified atom stereocenters. The van der Waals surface area contributed by atoms with Crippen molar-refractivity contribution in [2.75, 3.05) is 11.9 Å². The summed E-state index contributed by atoms with van der Waals surface area (Å²) in [5, 5.41) is 4.47. The number of nitrogens with one attached hydrogen (secondary N) is 1. The lowest BCUT2D eigenvalue weighted by atomic mass is 9.73. The fourth-order valence-electron chi connectivity index (χ4n) is 3.54. The second-order valence-electron chi connectivity index (χ2n) is 6.71. The van der Waals surface area contributed by atoms with E-state index < -0.39 is 0 Å². The van der Waals surface area contributed by atoms with Gasteiger partial charge in [-0.15, -0.1) is 0 Å². The van der Waals surface area contributed by atoms with Crippen molar-refractivity contribution in [2.24, 2.45) is 17.6 Å². The summed E-state index contributed by atoms with van der Waals surface area (Å²) in [6.45, 7) is 5.32. The fourth-order valence-corrected chi connectivity index (χ4v) is 3.67. The third-order valence-electron chi connectivity index (χ3n) is 4.40. The molecule has 3 heteroatoms. The van der Waals surface area contributed by atoms with E-state index in [1.54, 1.807) is 0 Å². The first-order valence-electron chi connectivity index (χ1n) is 7.77. The molecule has 0 heterocycles. The van der Waals surface area contributed by atoms with E-state index in [4.69, 9.17) is 17.3 Å². The molecule has 2 rings (SSSR count). The molecule has 0 aliphatic heterocycles. The highest BCUT2D eigenvalue weighted by Gasteiger charge is 2.35. The average molecular weight is 295 g/mol. The van der Waals surface area contributed by atoms with E-state index in [-0.39, 0.29) is 5.54 Å². The molecule has 0 bridgehead atoms. The number of anilines is 1. The third-order valence-corrected chi connectivity index (χ3v) is 4.65. The highest BCUT2D eigenvalue weighted by atomic mass is 35.5. The highest BCUT2D eigenvalue weighted by Crippen LogP contribution is 2.37. The predicted octanol–water partition coefficient (Wildman–Crippen LogP) is 4.69. The molecule has 0 spiro atoms. The van der Waals surface area contributed by atoms with Crippen molar-refractivity contribution in [3.63, 3.8) is 0 Å². The van der Waals surface area contributed by atoms with Crippen LogP contribution in [0.3, 0.4) is 0 Å². The van der Waals surface area contributed by atoms with Crippen molar-refractivity contribution in [1.29, 1.82) is 0 Å². The van der Waals surface area contributed by atoms with E-state index in [0.29, 0.717) is 6.54 Å². The first kappa shape index (κ1) is 15.7. The molecule has 0 aromatic heterocycles. The zero-order valence-corrected chi connectivity index (χ0v) is 13.4. The van der Waals surface area contributed by atoms with Gasteiger partial charge in [-0.25, -0.2) is 0 Å². The number of rotatable bonds is 5. The van der Waals surface area contributed by atoms with Crippen LogP contribution in [0.25, 0.3) is 0 Å². The number of hydrogen-bond acceptors (Lipinski definition) is 2. The van der Waals surface area contributed by atoms with E-state index in [1.807, 2.05) is 24.3 Å². The van der Waals surface area contributed by atoms with Gasteiger partial charge in [0, 0.05) is 22.8 Å². The van der Waals surface area contributed by atoms with Crippen molar-refractivity contribution < 1.29 is 0 Å².